The van der Waals surface area contributed by atoms with Crippen molar-refractivity contribution in [2.75, 3.05) is 11.9 Å². The number of fused-ring (bicyclic) bond motifs is 1. The number of benzene rings is 2. The molecule has 1 N–H and O–H groups in total. The lowest BCUT2D eigenvalue weighted by molar-refractivity contribution is 0.102. The van der Waals surface area contributed by atoms with Gasteiger partial charge in [0.05, 0.1) is 20.5 Å². The number of carbonyl (C=O) groups is 1. The number of carbonyl (C=O) groups excluding carboxylic acids is 1. The normalized spacial score (nSPS) is 14.2. The number of aromatic nitrogens is 1. The summed E-state index contributed by atoms with van der Waals surface area (Å²) in [6, 6.07) is 15.0. The molecule has 1 aliphatic rings. The Balaban J connectivity index is 1.60. The lowest BCUT2D eigenvalue weighted by atomic mass is 10.0. The zero-order valence-corrected chi connectivity index (χ0v) is 18.0. The fourth-order valence-corrected chi connectivity index (χ4v) is 5.06. The van der Waals surface area contributed by atoms with Crippen LogP contribution in [0.1, 0.15) is 21.5 Å². The highest BCUT2D eigenvalue weighted by Gasteiger charge is 2.29. The van der Waals surface area contributed by atoms with Gasteiger partial charge in [0.1, 0.15) is 5.82 Å². The molecule has 4 rings (SSSR count). The predicted molar refractivity (Wildman–Crippen MR) is 116 cm³/mol. The van der Waals surface area contributed by atoms with Crippen molar-refractivity contribution in [3.63, 3.8) is 0 Å². The highest BCUT2D eigenvalue weighted by atomic mass is 35.5. The van der Waals surface area contributed by atoms with E-state index in [-0.39, 0.29) is 27.8 Å². The Hall–Kier alpha value is -2.45. The molecule has 0 aliphatic carbocycles. The van der Waals surface area contributed by atoms with Gasteiger partial charge in [0.2, 0.25) is 10.0 Å². The van der Waals surface area contributed by atoms with Gasteiger partial charge in [-0.3, -0.25) is 4.79 Å². The van der Waals surface area contributed by atoms with Crippen molar-refractivity contribution in [1.29, 1.82) is 0 Å². The molecule has 154 valence electrons. The van der Waals surface area contributed by atoms with Crippen molar-refractivity contribution in [2.24, 2.45) is 0 Å². The Labute approximate surface area is 184 Å². The summed E-state index contributed by atoms with van der Waals surface area (Å²) in [7, 11) is -3.79. The molecule has 0 spiro atoms. The second-order valence-corrected chi connectivity index (χ2v) is 9.60. The van der Waals surface area contributed by atoms with E-state index in [0.29, 0.717) is 18.0 Å². The van der Waals surface area contributed by atoms with Crippen LogP contribution in [-0.4, -0.2) is 30.2 Å². The number of amides is 1. The molecule has 1 aromatic heterocycles. The monoisotopic (exact) mass is 461 g/mol. The maximum absolute atomic E-state index is 13.2. The Bertz CT molecular complexity index is 1210. The number of hydrogen-bond donors (Lipinski definition) is 1. The van der Waals surface area contributed by atoms with Gasteiger partial charge in [0, 0.05) is 19.3 Å². The quantitative estimate of drug-likeness (QED) is 0.624. The largest absolute Gasteiger partial charge is 0.307 e. The number of anilines is 1. The molecule has 0 unspecified atom stereocenters. The van der Waals surface area contributed by atoms with Crippen LogP contribution in [0, 0.1) is 0 Å². The third-order valence-corrected chi connectivity index (χ3v) is 7.28. The highest BCUT2D eigenvalue weighted by molar-refractivity contribution is 7.89. The van der Waals surface area contributed by atoms with E-state index in [0.717, 1.165) is 11.1 Å². The summed E-state index contributed by atoms with van der Waals surface area (Å²) in [4.78, 5) is 16.7. The minimum atomic E-state index is -3.79. The van der Waals surface area contributed by atoms with Crippen LogP contribution in [0.4, 0.5) is 5.82 Å². The summed E-state index contributed by atoms with van der Waals surface area (Å²) in [5.74, 6) is -0.280. The molecule has 0 radical (unpaired) electrons. The lowest BCUT2D eigenvalue weighted by Crippen LogP contribution is -2.36. The van der Waals surface area contributed by atoms with Gasteiger partial charge in [-0.2, -0.15) is 4.31 Å². The SMILES string of the molecule is O=C(Nc1ccc(Cl)cn1)c1cc(S(=O)(=O)N2CCc3ccccc3C2)ccc1Cl. The smallest absolute Gasteiger partial charge is 0.258 e. The van der Waals surface area contributed by atoms with Crippen LogP contribution in [0.25, 0.3) is 0 Å². The number of halogens is 2. The molecule has 30 heavy (non-hydrogen) atoms. The summed E-state index contributed by atoms with van der Waals surface area (Å²) >= 11 is 12.0. The van der Waals surface area contributed by atoms with Gasteiger partial charge >= 0.3 is 0 Å². The van der Waals surface area contributed by atoms with Crippen molar-refractivity contribution in [3.8, 4) is 0 Å². The summed E-state index contributed by atoms with van der Waals surface area (Å²) in [6.45, 7) is 0.662. The number of hydrogen-bond acceptors (Lipinski definition) is 4. The lowest BCUT2D eigenvalue weighted by Gasteiger charge is -2.28. The van der Waals surface area contributed by atoms with E-state index >= 15 is 0 Å². The van der Waals surface area contributed by atoms with Crippen molar-refractivity contribution in [2.45, 2.75) is 17.9 Å². The first-order valence-electron chi connectivity index (χ1n) is 9.14. The molecule has 6 nitrogen and oxygen atoms in total. The van der Waals surface area contributed by atoms with Gasteiger partial charge in [-0.05, 0) is 47.9 Å². The third-order valence-electron chi connectivity index (χ3n) is 4.88. The molecule has 2 heterocycles. The molecule has 9 heteroatoms. The first-order chi connectivity index (χ1) is 14.3. The molecule has 0 bridgehead atoms. The molecule has 0 saturated carbocycles. The van der Waals surface area contributed by atoms with E-state index < -0.39 is 15.9 Å². The standard InChI is InChI=1S/C21H17Cl2N3O3S/c22-16-5-8-20(24-12-16)25-21(27)18-11-17(6-7-19(18)23)30(28,29)26-10-9-14-3-1-2-4-15(14)13-26/h1-8,11-12H,9-10,13H2,(H,24,25,27). The summed E-state index contributed by atoms with van der Waals surface area (Å²) in [6.07, 6.45) is 2.03. The molecule has 1 amide bonds. The second-order valence-electron chi connectivity index (χ2n) is 6.81. The van der Waals surface area contributed by atoms with Crippen molar-refractivity contribution >= 4 is 45.0 Å². The van der Waals surface area contributed by atoms with E-state index in [1.165, 1.54) is 28.7 Å². The van der Waals surface area contributed by atoms with Gasteiger partial charge in [-0.15, -0.1) is 0 Å². The van der Waals surface area contributed by atoms with Crippen LogP contribution in [-0.2, 0) is 23.0 Å². The van der Waals surface area contributed by atoms with Gasteiger partial charge < -0.3 is 5.32 Å². The Morgan fingerprint density at radius 3 is 2.53 bits per heavy atom. The van der Waals surface area contributed by atoms with Crippen LogP contribution < -0.4 is 5.32 Å². The molecule has 0 fully saturated rings. The molecule has 3 aromatic rings. The van der Waals surface area contributed by atoms with Gasteiger partial charge in [0.15, 0.2) is 0 Å². The molecule has 1 aliphatic heterocycles. The van der Waals surface area contributed by atoms with Crippen LogP contribution in [0.5, 0.6) is 0 Å². The fourth-order valence-electron chi connectivity index (χ4n) is 3.30. The van der Waals surface area contributed by atoms with Crippen LogP contribution in [0.2, 0.25) is 10.0 Å². The van der Waals surface area contributed by atoms with Crippen molar-refractivity contribution in [1.82, 2.24) is 9.29 Å². The summed E-state index contributed by atoms with van der Waals surface area (Å²) in [5, 5.41) is 3.17. The topological polar surface area (TPSA) is 79.4 Å². The third kappa shape index (κ3) is 4.20. The maximum Gasteiger partial charge on any atom is 0.258 e. The van der Waals surface area contributed by atoms with Crippen LogP contribution in [0.3, 0.4) is 0 Å². The molecule has 0 atom stereocenters. The zero-order valence-electron chi connectivity index (χ0n) is 15.7. The zero-order chi connectivity index (χ0) is 21.3. The number of sulfonamides is 1. The second kappa shape index (κ2) is 8.35. The van der Waals surface area contributed by atoms with Crippen LogP contribution >= 0.6 is 23.2 Å². The van der Waals surface area contributed by atoms with Crippen molar-refractivity contribution < 1.29 is 13.2 Å². The highest BCUT2D eigenvalue weighted by Crippen LogP contribution is 2.28. The number of pyridine rings is 1. The minimum absolute atomic E-state index is 0.0143. The Morgan fingerprint density at radius 2 is 1.80 bits per heavy atom. The first kappa shape index (κ1) is 20.8. The number of rotatable bonds is 4. The molecular weight excluding hydrogens is 445 g/mol. The Kier molecular flexibility index (Phi) is 5.79. The number of nitrogens with zero attached hydrogens (tertiary/aromatic N) is 2. The maximum atomic E-state index is 13.2. The van der Waals surface area contributed by atoms with Gasteiger partial charge in [0.25, 0.3) is 5.91 Å². The average Bonchev–Trinajstić information content (AvgIpc) is 2.75. The van der Waals surface area contributed by atoms with E-state index in [4.69, 9.17) is 23.2 Å². The minimum Gasteiger partial charge on any atom is -0.307 e. The van der Waals surface area contributed by atoms with Crippen LogP contribution in [0.15, 0.2) is 65.7 Å². The number of nitrogens with one attached hydrogen (secondary N) is 1. The van der Waals surface area contributed by atoms with E-state index in [1.807, 2.05) is 24.3 Å². The predicted octanol–water partition coefficient (Wildman–Crippen LogP) is 4.39. The van der Waals surface area contributed by atoms with E-state index in [1.54, 1.807) is 12.1 Å². The van der Waals surface area contributed by atoms with E-state index in [9.17, 15) is 13.2 Å². The molecular formula is C21H17Cl2N3O3S. The molecule has 0 saturated heterocycles. The Morgan fingerprint density at radius 1 is 1.03 bits per heavy atom. The average molecular weight is 462 g/mol. The van der Waals surface area contributed by atoms with Gasteiger partial charge in [-0.25, -0.2) is 13.4 Å². The first-order valence-corrected chi connectivity index (χ1v) is 11.3. The summed E-state index contributed by atoms with van der Waals surface area (Å²) < 4.78 is 27.8. The van der Waals surface area contributed by atoms with Gasteiger partial charge in [-0.1, -0.05) is 47.5 Å². The van der Waals surface area contributed by atoms with Crippen molar-refractivity contribution in [3.05, 3.63) is 87.5 Å². The summed E-state index contributed by atoms with van der Waals surface area (Å²) in [5.41, 5.74) is 2.18. The molecule has 2 aromatic carbocycles. The fraction of sp³-hybridized carbons (Fsp3) is 0.143. The van der Waals surface area contributed by atoms with E-state index in [2.05, 4.69) is 10.3 Å².